The molecule has 2 heterocycles. The molecule has 4 nitrogen and oxygen atoms in total. The first-order chi connectivity index (χ1) is 15.0. The van der Waals surface area contributed by atoms with Crippen LogP contribution >= 0.6 is 0 Å². The molecule has 1 aromatic heterocycles. The number of hydrogen-bond acceptors (Lipinski definition) is 4. The van der Waals surface area contributed by atoms with Gasteiger partial charge < -0.3 is 4.74 Å². The molecule has 1 fully saturated rings. The number of carbonyl (C=O) groups excluding carboxylic acids is 1. The van der Waals surface area contributed by atoms with Crippen molar-refractivity contribution in [2.45, 2.75) is 26.4 Å². The fourth-order valence-electron chi connectivity index (χ4n) is 4.29. The standard InChI is InChI=1S/C27H28N2O2/c1-27(2)19-29(18-20-12-14-23(31-3)15-13-20)25(21-9-5-4-6-10-21)24(26(27)30)17-22-11-7-8-16-28-22/h4-17,25H,18-19H2,1-3H3/b24-17+. The molecule has 3 aromatic rings. The smallest absolute Gasteiger partial charge is 0.167 e. The molecular formula is C27H28N2O2. The highest BCUT2D eigenvalue weighted by Gasteiger charge is 2.43. The molecule has 1 atom stereocenters. The number of carbonyl (C=O) groups is 1. The highest BCUT2D eigenvalue weighted by Crippen LogP contribution is 2.42. The second-order valence-electron chi connectivity index (χ2n) is 8.63. The summed E-state index contributed by atoms with van der Waals surface area (Å²) in [5, 5.41) is 0. The molecule has 0 amide bonds. The summed E-state index contributed by atoms with van der Waals surface area (Å²) in [7, 11) is 1.67. The van der Waals surface area contributed by atoms with Crippen molar-refractivity contribution in [2.24, 2.45) is 5.41 Å². The van der Waals surface area contributed by atoms with Gasteiger partial charge in [0.05, 0.1) is 18.8 Å². The zero-order chi connectivity index (χ0) is 21.8. The highest BCUT2D eigenvalue weighted by molar-refractivity contribution is 6.05. The number of likely N-dealkylation sites (tertiary alicyclic amines) is 1. The first kappa shape index (κ1) is 21.0. The summed E-state index contributed by atoms with van der Waals surface area (Å²) < 4.78 is 5.31. The molecule has 2 aromatic carbocycles. The zero-order valence-corrected chi connectivity index (χ0v) is 18.3. The Kier molecular flexibility index (Phi) is 6.01. The van der Waals surface area contributed by atoms with Crippen LogP contribution in [-0.4, -0.2) is 29.3 Å². The molecule has 0 saturated carbocycles. The van der Waals surface area contributed by atoms with Crippen LogP contribution in [0.3, 0.4) is 0 Å². The van der Waals surface area contributed by atoms with E-state index in [-0.39, 0.29) is 11.8 Å². The van der Waals surface area contributed by atoms with E-state index in [1.54, 1.807) is 13.3 Å². The van der Waals surface area contributed by atoms with Crippen molar-refractivity contribution in [2.75, 3.05) is 13.7 Å². The first-order valence-corrected chi connectivity index (χ1v) is 10.6. The number of hydrogen-bond donors (Lipinski definition) is 0. The Balaban J connectivity index is 1.79. The summed E-state index contributed by atoms with van der Waals surface area (Å²) in [6, 6.07) is 24.1. The molecule has 1 unspecified atom stereocenters. The van der Waals surface area contributed by atoms with Crippen molar-refractivity contribution in [3.05, 3.63) is 101 Å². The van der Waals surface area contributed by atoms with Crippen LogP contribution in [0, 0.1) is 5.41 Å². The molecule has 0 spiro atoms. The maximum absolute atomic E-state index is 13.6. The molecule has 4 heteroatoms. The van der Waals surface area contributed by atoms with Gasteiger partial charge in [-0.25, -0.2) is 0 Å². The predicted molar refractivity (Wildman–Crippen MR) is 124 cm³/mol. The lowest BCUT2D eigenvalue weighted by molar-refractivity contribution is -0.128. The van der Waals surface area contributed by atoms with Crippen molar-refractivity contribution in [3.8, 4) is 5.75 Å². The van der Waals surface area contributed by atoms with E-state index in [2.05, 4.69) is 34.1 Å². The minimum atomic E-state index is -0.488. The van der Waals surface area contributed by atoms with E-state index in [4.69, 9.17) is 4.74 Å². The Labute approximate surface area is 184 Å². The van der Waals surface area contributed by atoms with Gasteiger partial charge in [0.1, 0.15) is 5.75 Å². The zero-order valence-electron chi connectivity index (χ0n) is 18.3. The quantitative estimate of drug-likeness (QED) is 0.532. The van der Waals surface area contributed by atoms with E-state index in [9.17, 15) is 4.79 Å². The monoisotopic (exact) mass is 412 g/mol. The van der Waals surface area contributed by atoms with E-state index in [1.165, 1.54) is 5.56 Å². The van der Waals surface area contributed by atoms with Crippen LogP contribution in [0.25, 0.3) is 6.08 Å². The lowest BCUT2D eigenvalue weighted by atomic mass is 9.74. The van der Waals surface area contributed by atoms with Gasteiger partial charge in [-0.05, 0) is 41.5 Å². The summed E-state index contributed by atoms with van der Waals surface area (Å²) in [4.78, 5) is 20.4. The van der Waals surface area contributed by atoms with Gasteiger partial charge >= 0.3 is 0 Å². The largest absolute Gasteiger partial charge is 0.497 e. The predicted octanol–water partition coefficient (Wildman–Crippen LogP) is 5.33. The third-order valence-corrected chi connectivity index (χ3v) is 5.79. The molecular weight excluding hydrogens is 384 g/mol. The first-order valence-electron chi connectivity index (χ1n) is 10.6. The van der Waals surface area contributed by atoms with Gasteiger partial charge in [-0.1, -0.05) is 62.4 Å². The summed E-state index contributed by atoms with van der Waals surface area (Å²) in [5.41, 5.74) is 3.40. The summed E-state index contributed by atoms with van der Waals surface area (Å²) >= 11 is 0. The Morgan fingerprint density at radius 1 is 1.03 bits per heavy atom. The van der Waals surface area contributed by atoms with E-state index in [1.807, 2.05) is 68.5 Å². The molecule has 0 N–H and O–H groups in total. The third-order valence-electron chi connectivity index (χ3n) is 5.79. The molecule has 1 aliphatic heterocycles. The number of pyridine rings is 1. The van der Waals surface area contributed by atoms with Crippen molar-refractivity contribution in [1.29, 1.82) is 0 Å². The summed E-state index contributed by atoms with van der Waals surface area (Å²) in [6.45, 7) is 5.48. The van der Waals surface area contributed by atoms with Gasteiger partial charge in [0.2, 0.25) is 0 Å². The average molecular weight is 413 g/mol. The lowest BCUT2D eigenvalue weighted by Gasteiger charge is -2.44. The number of methoxy groups -OCH3 is 1. The van der Waals surface area contributed by atoms with Crippen LogP contribution in [0.1, 0.15) is 36.7 Å². The van der Waals surface area contributed by atoms with Gasteiger partial charge in [0.15, 0.2) is 5.78 Å². The maximum atomic E-state index is 13.6. The van der Waals surface area contributed by atoms with E-state index in [0.29, 0.717) is 6.54 Å². The number of piperidine rings is 1. The highest BCUT2D eigenvalue weighted by atomic mass is 16.5. The van der Waals surface area contributed by atoms with E-state index >= 15 is 0 Å². The van der Waals surface area contributed by atoms with Crippen LogP contribution in [0.5, 0.6) is 5.75 Å². The topological polar surface area (TPSA) is 42.4 Å². The fraction of sp³-hybridized carbons (Fsp3) is 0.259. The Bertz CT molecular complexity index is 1060. The molecule has 158 valence electrons. The van der Waals surface area contributed by atoms with Crippen LogP contribution in [0.15, 0.2) is 84.6 Å². The number of benzene rings is 2. The van der Waals surface area contributed by atoms with Crippen LogP contribution in [0.4, 0.5) is 0 Å². The number of aromatic nitrogens is 1. The normalized spacial score (nSPS) is 20.0. The minimum Gasteiger partial charge on any atom is -0.497 e. The maximum Gasteiger partial charge on any atom is 0.167 e. The molecule has 4 rings (SSSR count). The third kappa shape index (κ3) is 4.59. The van der Waals surface area contributed by atoms with Gasteiger partial charge in [-0.3, -0.25) is 14.7 Å². The molecule has 0 aliphatic carbocycles. The van der Waals surface area contributed by atoms with Crippen LogP contribution in [0.2, 0.25) is 0 Å². The van der Waals surface area contributed by atoms with E-state index < -0.39 is 5.41 Å². The van der Waals surface area contributed by atoms with Crippen LogP contribution < -0.4 is 4.74 Å². The second-order valence-corrected chi connectivity index (χ2v) is 8.63. The van der Waals surface area contributed by atoms with Gasteiger partial charge in [0, 0.05) is 30.3 Å². The van der Waals surface area contributed by atoms with Crippen molar-refractivity contribution in [3.63, 3.8) is 0 Å². The molecule has 31 heavy (non-hydrogen) atoms. The van der Waals surface area contributed by atoms with E-state index in [0.717, 1.165) is 29.1 Å². The van der Waals surface area contributed by atoms with Crippen molar-refractivity contribution >= 4 is 11.9 Å². The summed E-state index contributed by atoms with van der Waals surface area (Å²) in [5.74, 6) is 1.02. The molecule has 0 bridgehead atoms. The van der Waals surface area contributed by atoms with Crippen molar-refractivity contribution < 1.29 is 9.53 Å². The Hall–Kier alpha value is -3.24. The van der Waals surface area contributed by atoms with Gasteiger partial charge in [-0.2, -0.15) is 0 Å². The SMILES string of the molecule is COc1ccc(CN2CC(C)(C)C(=O)/C(=C/c3ccccn3)C2c2ccccc2)cc1. The number of rotatable bonds is 5. The van der Waals surface area contributed by atoms with Gasteiger partial charge in [-0.15, -0.1) is 0 Å². The fourth-order valence-corrected chi connectivity index (χ4v) is 4.29. The second kappa shape index (κ2) is 8.86. The average Bonchev–Trinajstić information content (AvgIpc) is 2.79. The lowest BCUT2D eigenvalue weighted by Crippen LogP contribution is -2.49. The molecule has 0 radical (unpaired) electrons. The Morgan fingerprint density at radius 2 is 1.74 bits per heavy atom. The number of nitrogens with zero attached hydrogens (tertiary/aromatic N) is 2. The Morgan fingerprint density at radius 3 is 2.39 bits per heavy atom. The minimum absolute atomic E-state index is 0.133. The van der Waals surface area contributed by atoms with Crippen LogP contribution in [-0.2, 0) is 11.3 Å². The van der Waals surface area contributed by atoms with Crippen molar-refractivity contribution in [1.82, 2.24) is 9.88 Å². The van der Waals surface area contributed by atoms with Gasteiger partial charge in [0.25, 0.3) is 0 Å². The molecule has 1 saturated heterocycles. The number of Topliss-reactive ketones (excluding diaryl/α,β-unsaturated/α-hetero) is 1. The summed E-state index contributed by atoms with van der Waals surface area (Å²) in [6.07, 6.45) is 3.72. The number of ether oxygens (including phenoxy) is 1. The number of ketones is 1. The molecule has 1 aliphatic rings.